The van der Waals surface area contributed by atoms with Crippen LogP contribution in [0.25, 0.3) is 0 Å². The summed E-state index contributed by atoms with van der Waals surface area (Å²) in [5.74, 6) is -0.262. The third kappa shape index (κ3) is 34.7. The molecule has 0 aromatic rings. The van der Waals surface area contributed by atoms with E-state index in [0.717, 1.165) is 64.2 Å². The van der Waals surface area contributed by atoms with Gasteiger partial charge in [0.25, 0.3) is 0 Å². The summed E-state index contributed by atoms with van der Waals surface area (Å²) in [7, 11) is 1.48. The number of quaternary nitrogens is 1. The van der Waals surface area contributed by atoms with Crippen molar-refractivity contribution in [3.8, 4) is 0 Å². The number of hydrogen-bond acceptors (Lipinski definition) is 6. The van der Waals surface area contributed by atoms with E-state index >= 15 is 0 Å². The molecule has 0 rings (SSSR count). The summed E-state index contributed by atoms with van der Waals surface area (Å²) in [6, 6.07) is -0.905. The number of amides is 1. The Morgan fingerprint density at radius 1 is 0.706 bits per heavy atom. The Bertz CT molecular complexity index is 1080. The van der Waals surface area contributed by atoms with Gasteiger partial charge >= 0.3 is 7.82 Å². The maximum atomic E-state index is 12.8. The highest BCUT2D eigenvalue weighted by Crippen LogP contribution is 2.43. The van der Waals surface area contributed by atoms with Crippen molar-refractivity contribution < 1.29 is 38.0 Å². The second-order valence-corrected chi connectivity index (χ2v) is 15.6. The quantitative estimate of drug-likeness (QED) is 0.0229. The molecule has 0 saturated heterocycles. The van der Waals surface area contributed by atoms with E-state index < -0.39 is 20.0 Å². The smallest absolute Gasteiger partial charge is 0.389 e. The molecule has 0 heterocycles. The Balaban J connectivity index is 4.70. The number of phosphoric acid groups is 1. The molecule has 9 nitrogen and oxygen atoms in total. The van der Waals surface area contributed by atoms with Crippen LogP contribution in [0.3, 0.4) is 0 Å². The molecule has 0 aliphatic carbocycles. The second kappa shape index (κ2) is 32.5. The average Bonchev–Trinajstić information content (AvgIpc) is 3.07. The number of carbonyl (C=O) groups excluding carboxylic acids is 1. The van der Waals surface area contributed by atoms with Gasteiger partial charge in [0, 0.05) is 6.42 Å². The molecular weight excluding hydrogens is 663 g/mol. The summed E-state index contributed by atoms with van der Waals surface area (Å²) < 4.78 is 23.4. The molecule has 0 aliphatic heterocycles. The van der Waals surface area contributed by atoms with Crippen LogP contribution in [0.2, 0.25) is 0 Å². The lowest BCUT2D eigenvalue weighted by Gasteiger charge is -2.25. The number of nitrogens with one attached hydrogen (secondary N) is 1. The number of hydrogen-bond donors (Lipinski definition) is 4. The van der Waals surface area contributed by atoms with Crippen LogP contribution in [-0.4, -0.2) is 84.6 Å². The van der Waals surface area contributed by atoms with Crippen LogP contribution in [0.5, 0.6) is 0 Å². The number of likely N-dealkylation sites (N-methyl/N-ethyl adjacent to an activating group) is 1. The fourth-order valence-electron chi connectivity index (χ4n) is 4.77. The molecule has 0 bridgehead atoms. The highest BCUT2D eigenvalue weighted by atomic mass is 31.2. The molecule has 1 amide bonds. The van der Waals surface area contributed by atoms with Crippen molar-refractivity contribution in [2.75, 3.05) is 40.9 Å². The fourth-order valence-corrected chi connectivity index (χ4v) is 5.51. The van der Waals surface area contributed by atoms with Crippen molar-refractivity contribution in [2.45, 2.75) is 141 Å². The van der Waals surface area contributed by atoms with E-state index in [9.17, 15) is 24.5 Å². The van der Waals surface area contributed by atoms with Crippen LogP contribution >= 0.6 is 7.82 Å². The molecule has 4 N–H and O–H groups in total. The first-order valence-electron chi connectivity index (χ1n) is 19.4. The Kier molecular flexibility index (Phi) is 31.2. The molecule has 51 heavy (non-hydrogen) atoms. The number of aliphatic hydroxyl groups is 2. The number of allylic oxidation sites excluding steroid dienone is 10. The molecule has 0 aromatic heterocycles. The van der Waals surface area contributed by atoms with Gasteiger partial charge in [0.15, 0.2) is 0 Å². The van der Waals surface area contributed by atoms with Gasteiger partial charge in [-0.1, -0.05) is 125 Å². The average molecular weight is 738 g/mol. The molecule has 0 saturated carbocycles. The Morgan fingerprint density at radius 3 is 1.94 bits per heavy atom. The van der Waals surface area contributed by atoms with Gasteiger partial charge in [-0.15, -0.1) is 0 Å². The summed E-state index contributed by atoms with van der Waals surface area (Å²) in [6.45, 7) is 4.52. The van der Waals surface area contributed by atoms with Crippen molar-refractivity contribution >= 4 is 13.7 Å². The standard InChI is InChI=1S/C41H73N2O7P/c1-6-8-10-11-12-13-16-20-23-26-29-33-40(45)39(37-50-51(47,48)49-36-35-43(3,4)5)42-41(46)34-30-27-24-21-18-15-14-17-19-22-25-28-32-38(44)31-9-7-2/h14-16,19-22,24,28-29,32-33,38-40,44-45H,6-13,17-18,23,25-27,30-31,34-37H2,1-5H3,(H-,42,46,47,48)/p+1/b15-14-,20-16-,22-19-,24-21-,32-28-,33-29+/t38-,39+,40-/m1/s1. The maximum absolute atomic E-state index is 12.8. The van der Waals surface area contributed by atoms with Gasteiger partial charge in [-0.2, -0.15) is 0 Å². The van der Waals surface area contributed by atoms with Crippen molar-refractivity contribution in [3.63, 3.8) is 0 Å². The SMILES string of the molecule is CCCCCCC/C=C\CC/C=C/[C@@H](O)[C@H](COP(=O)(O)OCC[N+](C)(C)C)NC(=O)CCC/C=C\C/C=C\C/C=C\C/C=C\[C@H](O)CCCC. The number of aliphatic hydroxyl groups excluding tert-OH is 2. The molecule has 10 heteroatoms. The van der Waals surface area contributed by atoms with E-state index in [1.54, 1.807) is 6.08 Å². The van der Waals surface area contributed by atoms with Gasteiger partial charge in [-0.05, 0) is 64.2 Å². The van der Waals surface area contributed by atoms with Gasteiger partial charge in [-0.3, -0.25) is 13.8 Å². The Hall–Kier alpha value is -2.10. The predicted octanol–water partition coefficient (Wildman–Crippen LogP) is 9.04. The Labute approximate surface area is 311 Å². The minimum absolute atomic E-state index is 0.0347. The van der Waals surface area contributed by atoms with Crippen molar-refractivity contribution in [1.29, 1.82) is 0 Å². The van der Waals surface area contributed by atoms with Gasteiger partial charge in [0.05, 0.1) is 46.0 Å². The van der Waals surface area contributed by atoms with Crippen molar-refractivity contribution in [1.82, 2.24) is 5.32 Å². The highest BCUT2D eigenvalue weighted by molar-refractivity contribution is 7.47. The zero-order valence-electron chi connectivity index (χ0n) is 32.7. The van der Waals surface area contributed by atoms with E-state index in [1.807, 2.05) is 39.4 Å². The summed E-state index contributed by atoms with van der Waals surface area (Å²) in [5.41, 5.74) is 0. The number of nitrogens with zero attached hydrogens (tertiary/aromatic N) is 1. The summed E-state index contributed by atoms with van der Waals surface area (Å²) in [5, 5.41) is 23.5. The van der Waals surface area contributed by atoms with Crippen molar-refractivity contribution in [3.05, 3.63) is 72.9 Å². The largest absolute Gasteiger partial charge is 0.472 e. The highest BCUT2D eigenvalue weighted by Gasteiger charge is 2.27. The fraction of sp³-hybridized carbons (Fsp3) is 0.683. The van der Waals surface area contributed by atoms with Crippen LogP contribution in [-0.2, 0) is 18.4 Å². The molecule has 0 aliphatic rings. The van der Waals surface area contributed by atoms with E-state index in [0.29, 0.717) is 17.4 Å². The van der Waals surface area contributed by atoms with Gasteiger partial charge in [-0.25, -0.2) is 4.57 Å². The van der Waals surface area contributed by atoms with Gasteiger partial charge in [0.1, 0.15) is 13.2 Å². The number of phosphoric ester groups is 1. The van der Waals surface area contributed by atoms with Crippen LogP contribution in [0.4, 0.5) is 0 Å². The van der Waals surface area contributed by atoms with Gasteiger partial charge < -0.3 is 24.9 Å². The molecule has 0 fully saturated rings. The monoisotopic (exact) mass is 738 g/mol. The lowest BCUT2D eigenvalue weighted by atomic mass is 10.1. The lowest BCUT2D eigenvalue weighted by molar-refractivity contribution is -0.870. The van der Waals surface area contributed by atoms with Crippen LogP contribution in [0.1, 0.15) is 123 Å². The van der Waals surface area contributed by atoms with Crippen molar-refractivity contribution in [2.24, 2.45) is 0 Å². The zero-order chi connectivity index (χ0) is 38.1. The van der Waals surface area contributed by atoms with E-state index in [-0.39, 0.29) is 31.6 Å². The van der Waals surface area contributed by atoms with E-state index in [2.05, 4.69) is 67.8 Å². The van der Waals surface area contributed by atoms with Crippen LogP contribution < -0.4 is 5.32 Å². The molecule has 0 spiro atoms. The first-order chi connectivity index (χ1) is 24.4. The van der Waals surface area contributed by atoms with E-state index in [1.165, 1.54) is 32.1 Å². The number of rotatable bonds is 33. The van der Waals surface area contributed by atoms with Gasteiger partial charge in [0.2, 0.25) is 5.91 Å². The molecular formula is C41H74N2O7P+. The summed E-state index contributed by atoms with van der Waals surface area (Å²) >= 11 is 0. The minimum Gasteiger partial charge on any atom is -0.389 e. The minimum atomic E-state index is -4.37. The second-order valence-electron chi connectivity index (χ2n) is 14.1. The maximum Gasteiger partial charge on any atom is 0.472 e. The van der Waals surface area contributed by atoms with Crippen LogP contribution in [0, 0.1) is 0 Å². The number of unbranched alkanes of at least 4 members (excludes halogenated alkanes) is 8. The third-order valence-corrected chi connectivity index (χ3v) is 8.95. The van der Waals surface area contributed by atoms with E-state index in [4.69, 9.17) is 9.05 Å². The predicted molar refractivity (Wildman–Crippen MR) is 213 cm³/mol. The Morgan fingerprint density at radius 2 is 1.27 bits per heavy atom. The summed E-state index contributed by atoms with van der Waals surface area (Å²) in [6.07, 6.45) is 38.9. The normalized spacial score (nSPS) is 16.0. The first kappa shape index (κ1) is 48.9. The number of carbonyl (C=O) groups is 1. The summed E-state index contributed by atoms with van der Waals surface area (Å²) in [4.78, 5) is 23.0. The lowest BCUT2D eigenvalue weighted by Crippen LogP contribution is -2.45. The molecule has 0 aromatic carbocycles. The molecule has 1 unspecified atom stereocenters. The topological polar surface area (TPSA) is 125 Å². The molecule has 0 radical (unpaired) electrons. The first-order valence-corrected chi connectivity index (χ1v) is 20.9. The molecule has 294 valence electrons. The van der Waals surface area contributed by atoms with Crippen LogP contribution in [0.15, 0.2) is 72.9 Å². The molecule has 4 atom stereocenters. The third-order valence-electron chi connectivity index (χ3n) is 7.97. The zero-order valence-corrected chi connectivity index (χ0v) is 33.6.